The standard InChI is InChI=1S/C9H17N3O5/c1-17-5-6(8(14)15)12-9(16)11-4-2-3-7(10)13/h6H,2-5H2,1H3,(H2,10,13)(H,14,15)(H2,11,12,16). The number of carboxylic acids is 1. The molecule has 0 aromatic carbocycles. The second-order valence-electron chi connectivity index (χ2n) is 3.32. The first-order valence-corrected chi connectivity index (χ1v) is 5.01. The number of rotatable bonds is 8. The van der Waals surface area contributed by atoms with Crippen molar-refractivity contribution in [3.63, 3.8) is 0 Å². The molecule has 8 heteroatoms. The summed E-state index contributed by atoms with van der Waals surface area (Å²) < 4.78 is 4.64. The third kappa shape index (κ3) is 8.03. The molecule has 5 N–H and O–H groups in total. The van der Waals surface area contributed by atoms with Gasteiger partial charge in [0.25, 0.3) is 0 Å². The molecular formula is C9H17N3O5. The summed E-state index contributed by atoms with van der Waals surface area (Å²) in [7, 11) is 1.34. The number of carbonyl (C=O) groups is 3. The summed E-state index contributed by atoms with van der Waals surface area (Å²) in [6.07, 6.45) is 0.575. The lowest BCUT2D eigenvalue weighted by Gasteiger charge is -2.13. The van der Waals surface area contributed by atoms with Crippen LogP contribution in [0.5, 0.6) is 0 Å². The number of hydrogen-bond donors (Lipinski definition) is 4. The minimum absolute atomic E-state index is 0.121. The average Bonchev–Trinajstić information content (AvgIpc) is 2.23. The Morgan fingerprint density at radius 2 is 2.06 bits per heavy atom. The normalized spacial score (nSPS) is 11.6. The van der Waals surface area contributed by atoms with Crippen molar-refractivity contribution in [1.82, 2.24) is 10.6 Å². The van der Waals surface area contributed by atoms with E-state index in [9.17, 15) is 14.4 Å². The third-order valence-electron chi connectivity index (χ3n) is 1.82. The maximum Gasteiger partial charge on any atom is 0.328 e. The predicted octanol–water partition coefficient (Wildman–Crippen LogP) is -1.35. The van der Waals surface area contributed by atoms with Gasteiger partial charge in [0.05, 0.1) is 6.61 Å². The molecule has 17 heavy (non-hydrogen) atoms. The van der Waals surface area contributed by atoms with Gasteiger partial charge in [-0.05, 0) is 6.42 Å². The number of aliphatic carboxylic acids is 1. The monoisotopic (exact) mass is 247 g/mol. The van der Waals surface area contributed by atoms with Gasteiger partial charge in [-0.15, -0.1) is 0 Å². The van der Waals surface area contributed by atoms with E-state index in [1.807, 2.05) is 0 Å². The third-order valence-corrected chi connectivity index (χ3v) is 1.82. The highest BCUT2D eigenvalue weighted by atomic mass is 16.5. The number of ether oxygens (including phenoxy) is 1. The minimum atomic E-state index is -1.18. The maximum absolute atomic E-state index is 11.2. The van der Waals surface area contributed by atoms with Gasteiger partial charge in [-0.1, -0.05) is 0 Å². The summed E-state index contributed by atoms with van der Waals surface area (Å²) >= 11 is 0. The summed E-state index contributed by atoms with van der Waals surface area (Å²) in [4.78, 5) is 32.3. The Morgan fingerprint density at radius 1 is 1.41 bits per heavy atom. The summed E-state index contributed by atoms with van der Waals surface area (Å²) in [6, 6.07) is -1.73. The van der Waals surface area contributed by atoms with Gasteiger partial charge in [-0.3, -0.25) is 4.79 Å². The van der Waals surface area contributed by atoms with E-state index in [2.05, 4.69) is 15.4 Å². The summed E-state index contributed by atoms with van der Waals surface area (Å²) in [5.74, 6) is -1.63. The van der Waals surface area contributed by atoms with Crippen LogP contribution in [0.15, 0.2) is 0 Å². The van der Waals surface area contributed by atoms with Crippen LogP contribution in [-0.4, -0.2) is 49.3 Å². The number of methoxy groups -OCH3 is 1. The Bertz CT molecular complexity index is 282. The van der Waals surface area contributed by atoms with Crippen LogP contribution >= 0.6 is 0 Å². The first-order valence-electron chi connectivity index (χ1n) is 5.01. The fraction of sp³-hybridized carbons (Fsp3) is 0.667. The highest BCUT2D eigenvalue weighted by molar-refractivity contribution is 5.82. The number of primary amides is 1. The molecule has 0 aromatic heterocycles. The van der Waals surface area contributed by atoms with Gasteiger partial charge < -0.3 is 26.2 Å². The van der Waals surface area contributed by atoms with Crippen molar-refractivity contribution >= 4 is 17.9 Å². The number of nitrogens with two attached hydrogens (primary N) is 1. The van der Waals surface area contributed by atoms with E-state index < -0.39 is 23.9 Å². The second-order valence-corrected chi connectivity index (χ2v) is 3.32. The van der Waals surface area contributed by atoms with Crippen molar-refractivity contribution in [2.24, 2.45) is 5.73 Å². The average molecular weight is 247 g/mol. The van der Waals surface area contributed by atoms with Gasteiger partial charge >= 0.3 is 12.0 Å². The molecule has 0 aliphatic rings. The number of carboxylic acid groups (broad SMARTS) is 1. The molecule has 0 rings (SSSR count). The molecule has 0 fully saturated rings. The van der Waals surface area contributed by atoms with Crippen molar-refractivity contribution < 1.29 is 24.2 Å². The summed E-state index contributed by atoms with van der Waals surface area (Å²) in [5.41, 5.74) is 4.91. The number of nitrogens with one attached hydrogen (secondary N) is 2. The molecule has 0 bridgehead atoms. The molecule has 1 atom stereocenters. The molecule has 3 amide bonds. The molecule has 8 nitrogen and oxygen atoms in total. The fourth-order valence-corrected chi connectivity index (χ4v) is 1.02. The predicted molar refractivity (Wildman–Crippen MR) is 58.3 cm³/mol. The van der Waals surface area contributed by atoms with Crippen LogP contribution in [0.25, 0.3) is 0 Å². The Balaban J connectivity index is 3.82. The zero-order valence-electron chi connectivity index (χ0n) is 9.56. The van der Waals surface area contributed by atoms with E-state index in [1.54, 1.807) is 0 Å². The van der Waals surface area contributed by atoms with E-state index in [4.69, 9.17) is 10.8 Å². The zero-order valence-corrected chi connectivity index (χ0v) is 9.56. The summed E-state index contributed by atoms with van der Waals surface area (Å²) in [6.45, 7) is 0.123. The van der Waals surface area contributed by atoms with Crippen LogP contribution in [0, 0.1) is 0 Å². The van der Waals surface area contributed by atoms with Gasteiger partial charge in [0, 0.05) is 20.1 Å². The molecule has 0 aromatic rings. The van der Waals surface area contributed by atoms with E-state index in [1.165, 1.54) is 7.11 Å². The number of hydrogen-bond acceptors (Lipinski definition) is 4. The van der Waals surface area contributed by atoms with Crippen LogP contribution in [0.2, 0.25) is 0 Å². The second kappa shape index (κ2) is 8.34. The molecule has 0 spiro atoms. The largest absolute Gasteiger partial charge is 0.480 e. The maximum atomic E-state index is 11.2. The van der Waals surface area contributed by atoms with Crippen LogP contribution in [0.4, 0.5) is 4.79 Å². The fourth-order valence-electron chi connectivity index (χ4n) is 1.02. The van der Waals surface area contributed by atoms with E-state index in [0.29, 0.717) is 6.42 Å². The molecule has 1 unspecified atom stereocenters. The van der Waals surface area contributed by atoms with Crippen molar-refractivity contribution in [3.05, 3.63) is 0 Å². The Hall–Kier alpha value is -1.83. The SMILES string of the molecule is COCC(NC(=O)NCCCC(N)=O)C(=O)O. The molecule has 0 saturated heterocycles. The van der Waals surface area contributed by atoms with Crippen molar-refractivity contribution in [3.8, 4) is 0 Å². The Labute approximate surface area is 98.5 Å². The highest BCUT2D eigenvalue weighted by Crippen LogP contribution is 1.87. The first-order chi connectivity index (χ1) is 7.97. The van der Waals surface area contributed by atoms with Gasteiger partial charge in [0.1, 0.15) is 0 Å². The van der Waals surface area contributed by atoms with Crippen LogP contribution in [0.1, 0.15) is 12.8 Å². The molecule has 0 radical (unpaired) electrons. The number of urea groups is 1. The lowest BCUT2D eigenvalue weighted by molar-refractivity contribution is -0.140. The molecule has 0 saturated carbocycles. The van der Waals surface area contributed by atoms with Crippen LogP contribution in [-0.2, 0) is 14.3 Å². The minimum Gasteiger partial charge on any atom is -0.480 e. The van der Waals surface area contributed by atoms with Gasteiger partial charge in [0.2, 0.25) is 5.91 Å². The Morgan fingerprint density at radius 3 is 2.53 bits per heavy atom. The van der Waals surface area contributed by atoms with Crippen LogP contribution < -0.4 is 16.4 Å². The van der Waals surface area contributed by atoms with E-state index in [-0.39, 0.29) is 19.6 Å². The van der Waals surface area contributed by atoms with Crippen molar-refractivity contribution in [2.45, 2.75) is 18.9 Å². The number of carbonyl (C=O) groups excluding carboxylic acids is 2. The van der Waals surface area contributed by atoms with Gasteiger partial charge in [0.15, 0.2) is 6.04 Å². The number of amides is 3. The van der Waals surface area contributed by atoms with Gasteiger partial charge in [-0.2, -0.15) is 0 Å². The van der Waals surface area contributed by atoms with Crippen molar-refractivity contribution in [2.75, 3.05) is 20.3 Å². The smallest absolute Gasteiger partial charge is 0.328 e. The van der Waals surface area contributed by atoms with E-state index >= 15 is 0 Å². The Kier molecular flexibility index (Phi) is 7.44. The van der Waals surface area contributed by atoms with Gasteiger partial charge in [-0.25, -0.2) is 9.59 Å². The summed E-state index contributed by atoms with van der Waals surface area (Å²) in [5, 5.41) is 13.3. The van der Waals surface area contributed by atoms with E-state index in [0.717, 1.165) is 0 Å². The first kappa shape index (κ1) is 15.2. The molecule has 0 aliphatic carbocycles. The quantitative estimate of drug-likeness (QED) is 0.394. The lowest BCUT2D eigenvalue weighted by Crippen LogP contribution is -2.48. The molecule has 0 aliphatic heterocycles. The zero-order chi connectivity index (χ0) is 13.3. The highest BCUT2D eigenvalue weighted by Gasteiger charge is 2.19. The van der Waals surface area contributed by atoms with Crippen LogP contribution in [0.3, 0.4) is 0 Å². The topological polar surface area (TPSA) is 131 Å². The lowest BCUT2D eigenvalue weighted by atomic mass is 10.3. The molecule has 98 valence electrons. The molecular weight excluding hydrogens is 230 g/mol. The molecule has 0 heterocycles. The van der Waals surface area contributed by atoms with Crippen molar-refractivity contribution in [1.29, 1.82) is 0 Å².